The molecule has 1 unspecified atom stereocenters. The first-order chi connectivity index (χ1) is 14.1. The average Bonchev–Trinajstić information content (AvgIpc) is 3.24. The van der Waals surface area contributed by atoms with Crippen LogP contribution in [0.3, 0.4) is 0 Å². The quantitative estimate of drug-likeness (QED) is 0.706. The van der Waals surface area contributed by atoms with Crippen LogP contribution in [0.4, 0.5) is 5.69 Å². The number of hydrogen-bond donors (Lipinski definition) is 2. The number of benzene rings is 1. The van der Waals surface area contributed by atoms with Gasteiger partial charge < -0.3 is 25.3 Å². The van der Waals surface area contributed by atoms with Gasteiger partial charge in [-0.25, -0.2) is 0 Å². The molecule has 0 aliphatic carbocycles. The number of anilines is 1. The van der Waals surface area contributed by atoms with Crippen LogP contribution in [0.25, 0.3) is 0 Å². The molecule has 0 spiro atoms. The Hall–Kier alpha value is -1.54. The van der Waals surface area contributed by atoms with Gasteiger partial charge in [-0.3, -0.25) is 9.69 Å². The number of hydrogen-bond acceptors (Lipinski definition) is 6. The molecule has 1 aromatic carbocycles. The molecular weight excluding hydrogens is 394 g/mol. The standard InChI is InChI=1S/C21H30ClN3O4/c1-27-18-12-25(11-13-4-2-8-28-13)7-6-17(18)24-21(26)15-10-16(22)19(23)14-5-3-9-29-20(14)15/h10,13,17-18H,2-9,11-12,23H2,1H3,(H,24,26)/t13?,17-,18+/m1/s1. The number of ether oxygens (including phenoxy) is 3. The van der Waals surface area contributed by atoms with Gasteiger partial charge in [0.1, 0.15) is 5.75 Å². The van der Waals surface area contributed by atoms with Crippen molar-refractivity contribution in [3.63, 3.8) is 0 Å². The van der Waals surface area contributed by atoms with Gasteiger partial charge in [0.05, 0.1) is 41.1 Å². The predicted molar refractivity (Wildman–Crippen MR) is 112 cm³/mol. The first-order valence-corrected chi connectivity index (χ1v) is 10.9. The van der Waals surface area contributed by atoms with Gasteiger partial charge in [0.2, 0.25) is 0 Å². The van der Waals surface area contributed by atoms with Crippen molar-refractivity contribution >= 4 is 23.2 Å². The monoisotopic (exact) mass is 423 g/mol. The van der Waals surface area contributed by atoms with Crippen molar-refractivity contribution in [2.24, 2.45) is 0 Å². The first-order valence-electron chi connectivity index (χ1n) is 10.5. The lowest BCUT2D eigenvalue weighted by molar-refractivity contribution is -0.0112. The van der Waals surface area contributed by atoms with Crippen molar-refractivity contribution in [1.29, 1.82) is 0 Å². The van der Waals surface area contributed by atoms with E-state index in [4.69, 9.17) is 31.5 Å². The average molecular weight is 424 g/mol. The molecule has 3 heterocycles. The minimum atomic E-state index is -0.190. The molecule has 0 aromatic heterocycles. The van der Waals surface area contributed by atoms with Crippen molar-refractivity contribution in [3.05, 3.63) is 22.2 Å². The summed E-state index contributed by atoms with van der Waals surface area (Å²) in [5.41, 5.74) is 7.90. The molecule has 1 amide bonds. The topological polar surface area (TPSA) is 86.1 Å². The minimum absolute atomic E-state index is 0.0659. The van der Waals surface area contributed by atoms with E-state index in [1.807, 2.05) is 0 Å². The molecule has 4 rings (SSSR count). The fourth-order valence-corrected chi connectivity index (χ4v) is 4.80. The minimum Gasteiger partial charge on any atom is -0.492 e. The Bertz CT molecular complexity index is 754. The van der Waals surface area contributed by atoms with Crippen molar-refractivity contribution in [1.82, 2.24) is 10.2 Å². The predicted octanol–water partition coefficient (Wildman–Crippen LogP) is 2.25. The van der Waals surface area contributed by atoms with Crippen LogP contribution < -0.4 is 15.8 Å². The third kappa shape index (κ3) is 4.48. The summed E-state index contributed by atoms with van der Waals surface area (Å²) in [5, 5.41) is 3.54. The van der Waals surface area contributed by atoms with Gasteiger partial charge in [-0.15, -0.1) is 0 Å². The van der Waals surface area contributed by atoms with E-state index in [1.165, 1.54) is 0 Å². The molecule has 3 aliphatic heterocycles. The maximum Gasteiger partial charge on any atom is 0.255 e. The number of amides is 1. The number of methoxy groups -OCH3 is 1. The third-order valence-corrected chi connectivity index (χ3v) is 6.50. The molecule has 29 heavy (non-hydrogen) atoms. The number of nitrogen functional groups attached to an aromatic ring is 1. The molecule has 1 aromatic rings. The fourth-order valence-electron chi connectivity index (χ4n) is 4.58. The maximum atomic E-state index is 13.1. The van der Waals surface area contributed by atoms with Crippen LogP contribution in [0.1, 0.15) is 41.6 Å². The van der Waals surface area contributed by atoms with Crippen LogP contribution in [0, 0.1) is 0 Å². The van der Waals surface area contributed by atoms with Gasteiger partial charge in [-0.1, -0.05) is 11.6 Å². The second-order valence-electron chi connectivity index (χ2n) is 8.12. The molecule has 3 N–H and O–H groups in total. The molecule has 2 saturated heterocycles. The second-order valence-corrected chi connectivity index (χ2v) is 8.52. The van der Waals surface area contributed by atoms with E-state index in [1.54, 1.807) is 13.2 Å². The highest BCUT2D eigenvalue weighted by molar-refractivity contribution is 6.33. The summed E-state index contributed by atoms with van der Waals surface area (Å²) in [4.78, 5) is 15.5. The van der Waals surface area contributed by atoms with E-state index >= 15 is 0 Å². The van der Waals surface area contributed by atoms with Crippen LogP contribution in [0.2, 0.25) is 5.02 Å². The summed E-state index contributed by atoms with van der Waals surface area (Å²) >= 11 is 6.29. The number of carbonyl (C=O) groups is 1. The number of nitrogens with zero attached hydrogens (tertiary/aromatic N) is 1. The van der Waals surface area contributed by atoms with Gasteiger partial charge in [-0.2, -0.15) is 0 Å². The number of fused-ring (bicyclic) bond motifs is 1. The molecule has 3 aliphatic rings. The molecule has 2 fully saturated rings. The number of halogens is 1. The highest BCUT2D eigenvalue weighted by atomic mass is 35.5. The van der Waals surface area contributed by atoms with E-state index in [9.17, 15) is 4.79 Å². The van der Waals surface area contributed by atoms with Gasteiger partial charge in [0.25, 0.3) is 5.91 Å². The largest absolute Gasteiger partial charge is 0.492 e. The molecule has 0 bridgehead atoms. The van der Waals surface area contributed by atoms with Crippen LogP contribution in [0.15, 0.2) is 6.07 Å². The van der Waals surface area contributed by atoms with Crippen molar-refractivity contribution in [2.75, 3.05) is 45.7 Å². The van der Waals surface area contributed by atoms with Crippen LogP contribution in [-0.4, -0.2) is 69.0 Å². The summed E-state index contributed by atoms with van der Waals surface area (Å²) < 4.78 is 17.3. The molecule has 8 heteroatoms. The number of nitrogens with two attached hydrogens (primary N) is 1. The van der Waals surface area contributed by atoms with E-state index in [2.05, 4.69) is 10.2 Å². The Morgan fingerprint density at radius 1 is 1.38 bits per heavy atom. The van der Waals surface area contributed by atoms with Crippen molar-refractivity contribution in [2.45, 2.75) is 50.4 Å². The SMILES string of the molecule is CO[C@H]1CN(CC2CCCO2)CC[C@H]1NC(=O)c1cc(Cl)c(N)c2c1OCCC2. The smallest absolute Gasteiger partial charge is 0.255 e. The van der Waals surface area contributed by atoms with E-state index in [0.29, 0.717) is 34.7 Å². The van der Waals surface area contributed by atoms with Crippen LogP contribution in [0.5, 0.6) is 5.75 Å². The Morgan fingerprint density at radius 2 is 2.24 bits per heavy atom. The zero-order valence-electron chi connectivity index (χ0n) is 16.9. The normalized spacial score (nSPS) is 27.3. The van der Waals surface area contributed by atoms with Gasteiger partial charge >= 0.3 is 0 Å². The van der Waals surface area contributed by atoms with E-state index < -0.39 is 0 Å². The van der Waals surface area contributed by atoms with E-state index in [-0.39, 0.29) is 18.1 Å². The summed E-state index contributed by atoms with van der Waals surface area (Å²) in [5.74, 6) is 0.380. The number of carbonyl (C=O) groups excluding carboxylic acids is 1. The highest BCUT2D eigenvalue weighted by Crippen LogP contribution is 2.38. The van der Waals surface area contributed by atoms with Crippen molar-refractivity contribution in [3.8, 4) is 5.75 Å². The first kappa shape index (κ1) is 20.7. The second kappa shape index (κ2) is 9.08. The van der Waals surface area contributed by atoms with E-state index in [0.717, 1.165) is 63.9 Å². The maximum absolute atomic E-state index is 13.1. The summed E-state index contributed by atoms with van der Waals surface area (Å²) in [6.45, 7) is 4.05. The molecular formula is C21H30ClN3O4. The van der Waals surface area contributed by atoms with Crippen LogP contribution >= 0.6 is 11.6 Å². The third-order valence-electron chi connectivity index (χ3n) is 6.18. The summed E-state index contributed by atoms with van der Waals surface area (Å²) in [7, 11) is 1.70. The summed E-state index contributed by atoms with van der Waals surface area (Å²) in [6.07, 6.45) is 4.97. The number of piperidine rings is 1. The Morgan fingerprint density at radius 3 is 3.00 bits per heavy atom. The summed E-state index contributed by atoms with van der Waals surface area (Å²) in [6, 6.07) is 1.55. The molecule has 7 nitrogen and oxygen atoms in total. The number of nitrogens with one attached hydrogen (secondary N) is 1. The lowest BCUT2D eigenvalue weighted by Crippen LogP contribution is -2.55. The Balaban J connectivity index is 1.44. The lowest BCUT2D eigenvalue weighted by atomic mass is 9.97. The molecule has 160 valence electrons. The molecule has 3 atom stereocenters. The molecule has 0 saturated carbocycles. The Labute approximate surface area is 176 Å². The number of likely N-dealkylation sites (tertiary alicyclic amines) is 1. The number of rotatable bonds is 5. The zero-order chi connectivity index (χ0) is 20.4. The lowest BCUT2D eigenvalue weighted by Gasteiger charge is -2.39. The van der Waals surface area contributed by atoms with Gasteiger partial charge in [-0.05, 0) is 38.2 Å². The van der Waals surface area contributed by atoms with Crippen LogP contribution in [-0.2, 0) is 15.9 Å². The van der Waals surface area contributed by atoms with Gasteiger partial charge in [0.15, 0.2) is 0 Å². The Kier molecular flexibility index (Phi) is 6.49. The van der Waals surface area contributed by atoms with Gasteiger partial charge in [0, 0.05) is 38.9 Å². The van der Waals surface area contributed by atoms with Crippen molar-refractivity contribution < 1.29 is 19.0 Å². The fraction of sp³-hybridized carbons (Fsp3) is 0.667. The zero-order valence-corrected chi connectivity index (χ0v) is 17.7. The highest BCUT2D eigenvalue weighted by Gasteiger charge is 2.33. The molecule has 0 radical (unpaired) electrons.